The summed E-state index contributed by atoms with van der Waals surface area (Å²) in [4.78, 5) is 17.9. The van der Waals surface area contributed by atoms with E-state index < -0.39 is 32.4 Å². The van der Waals surface area contributed by atoms with E-state index >= 15 is 0 Å². The maximum atomic E-state index is 13.5. The molecule has 2 unspecified atom stereocenters. The molecule has 7 nitrogen and oxygen atoms in total. The van der Waals surface area contributed by atoms with Crippen molar-refractivity contribution in [3.63, 3.8) is 0 Å². The molecule has 0 spiro atoms. The predicted molar refractivity (Wildman–Crippen MR) is 176 cm³/mol. The first-order valence-electron chi connectivity index (χ1n) is 15.8. The van der Waals surface area contributed by atoms with Crippen LogP contribution in [0.2, 0.25) is 18.1 Å². The number of rotatable bonds is 10. The summed E-state index contributed by atoms with van der Waals surface area (Å²) in [5, 5.41) is 11.4. The minimum atomic E-state index is -2.20. The fourth-order valence-electron chi connectivity index (χ4n) is 4.96. The topological polar surface area (TPSA) is 87.1 Å². The molecule has 7 atom stereocenters. The number of aliphatic hydroxyl groups is 1. The molecule has 2 rings (SSSR count). The number of allylic oxidation sites excluding steroid dienone is 3. The average molecular weight is 616 g/mol. The highest BCUT2D eigenvalue weighted by molar-refractivity contribution is 6.74. The zero-order valence-corrected chi connectivity index (χ0v) is 29.4. The first-order valence-corrected chi connectivity index (χ1v) is 18.7. The monoisotopic (exact) mass is 615 g/mol. The Morgan fingerprint density at radius 1 is 1.26 bits per heavy atom. The zero-order chi connectivity index (χ0) is 32.4. The van der Waals surface area contributed by atoms with Gasteiger partial charge in [-0.3, -0.25) is 9.78 Å². The summed E-state index contributed by atoms with van der Waals surface area (Å²) in [5.41, 5.74) is 0.963. The summed E-state index contributed by atoms with van der Waals surface area (Å²) in [6, 6.07) is 5.90. The second-order valence-electron chi connectivity index (χ2n) is 13.6. The van der Waals surface area contributed by atoms with Gasteiger partial charge in [0, 0.05) is 30.3 Å². The normalized spacial score (nSPS) is 28.9. The Hall–Kier alpha value is -2.10. The Labute approximate surface area is 261 Å². The van der Waals surface area contributed by atoms with Gasteiger partial charge in [0.05, 0.1) is 18.1 Å². The Morgan fingerprint density at radius 2 is 1.95 bits per heavy atom. The number of ether oxygens (including phenoxy) is 3. The zero-order valence-electron chi connectivity index (χ0n) is 28.4. The molecule has 1 N–H and O–H groups in total. The van der Waals surface area contributed by atoms with Gasteiger partial charge < -0.3 is 23.7 Å². The van der Waals surface area contributed by atoms with Crippen LogP contribution in [-0.2, 0) is 23.4 Å². The molecule has 1 aliphatic heterocycles. The van der Waals surface area contributed by atoms with E-state index in [-0.39, 0.29) is 35.4 Å². The van der Waals surface area contributed by atoms with Crippen molar-refractivity contribution in [3.05, 3.63) is 66.0 Å². The number of hydrogen-bond acceptors (Lipinski definition) is 7. The molecular weight excluding hydrogens is 558 g/mol. The number of esters is 1. The van der Waals surface area contributed by atoms with Crippen LogP contribution in [0.5, 0.6) is 0 Å². The predicted octanol–water partition coefficient (Wildman–Crippen LogP) is 7.88. The van der Waals surface area contributed by atoms with Crippen LogP contribution in [-0.4, -0.2) is 61.2 Å². The van der Waals surface area contributed by atoms with Gasteiger partial charge in [0.15, 0.2) is 14.6 Å². The molecule has 2 heterocycles. The van der Waals surface area contributed by atoms with E-state index in [9.17, 15) is 9.90 Å². The minimum Gasteiger partial charge on any atom is -0.457 e. The lowest BCUT2D eigenvalue weighted by Gasteiger charge is -2.41. The molecule has 0 saturated heterocycles. The summed E-state index contributed by atoms with van der Waals surface area (Å²) in [6.45, 7) is 23.2. The smallest absolute Gasteiger partial charge is 0.308 e. The molecule has 0 aromatic carbocycles. The van der Waals surface area contributed by atoms with Gasteiger partial charge in [0.25, 0.3) is 0 Å². The molecule has 1 aliphatic rings. The maximum absolute atomic E-state index is 13.5. The van der Waals surface area contributed by atoms with Crippen molar-refractivity contribution in [2.24, 2.45) is 5.92 Å². The highest BCUT2D eigenvalue weighted by atomic mass is 28.4. The molecule has 0 fully saturated rings. The highest BCUT2D eigenvalue weighted by Crippen LogP contribution is 2.39. The quantitative estimate of drug-likeness (QED) is 0.0942. The Kier molecular flexibility index (Phi) is 14.0. The standard InChI is InChI=1S/C35H57NO6Si/c1-12-39-28(5)41-35(9)22-21-29(42-43(10,11)34(6,7)8)24-32(38)40-33(27(4)19-20-31(35)37)26(3)17-15-16-25(2)30-18-13-14-23-36-30/h13-20,23,25,27-29,31,33,37H,12,21-22,24H2,1-11H3/b16-15+,20-19+,26-17+/t25-,27+,28?,29-,31+,33?,35-/m1/s1. The van der Waals surface area contributed by atoms with Gasteiger partial charge in [-0.15, -0.1) is 0 Å². The number of cyclic esters (lactones) is 1. The summed E-state index contributed by atoms with van der Waals surface area (Å²) in [5.74, 6) is -0.343. The Balaban J connectivity index is 2.42. The number of carbonyl (C=O) groups excluding carboxylic acids is 1. The van der Waals surface area contributed by atoms with Crippen molar-refractivity contribution in [2.45, 2.75) is 136 Å². The summed E-state index contributed by atoms with van der Waals surface area (Å²) < 4.78 is 24.9. The molecule has 0 saturated carbocycles. The van der Waals surface area contributed by atoms with Gasteiger partial charge in [-0.2, -0.15) is 0 Å². The van der Waals surface area contributed by atoms with Crippen molar-refractivity contribution in [2.75, 3.05) is 6.61 Å². The molecule has 43 heavy (non-hydrogen) atoms. The van der Waals surface area contributed by atoms with Crippen molar-refractivity contribution >= 4 is 14.3 Å². The second-order valence-corrected chi connectivity index (χ2v) is 18.4. The van der Waals surface area contributed by atoms with E-state index in [0.29, 0.717) is 19.4 Å². The van der Waals surface area contributed by atoms with E-state index in [1.807, 2.05) is 71.0 Å². The summed E-state index contributed by atoms with van der Waals surface area (Å²) in [7, 11) is -2.20. The number of pyridine rings is 1. The van der Waals surface area contributed by atoms with Gasteiger partial charge in [-0.1, -0.05) is 71.1 Å². The van der Waals surface area contributed by atoms with Crippen LogP contribution in [0.25, 0.3) is 0 Å². The van der Waals surface area contributed by atoms with E-state index in [1.165, 1.54) is 0 Å². The van der Waals surface area contributed by atoms with Crippen LogP contribution in [0.3, 0.4) is 0 Å². The largest absolute Gasteiger partial charge is 0.457 e. The van der Waals surface area contributed by atoms with Crippen LogP contribution in [0.4, 0.5) is 0 Å². The average Bonchev–Trinajstić information content (AvgIpc) is 2.92. The molecule has 1 aromatic rings. The number of aliphatic hydroxyl groups excluding tert-OH is 1. The molecule has 0 amide bonds. The molecule has 242 valence electrons. The van der Waals surface area contributed by atoms with E-state index in [0.717, 1.165) is 11.3 Å². The van der Waals surface area contributed by atoms with Gasteiger partial charge >= 0.3 is 5.97 Å². The lowest BCUT2D eigenvalue weighted by Crippen LogP contribution is -2.47. The second kappa shape index (κ2) is 16.3. The van der Waals surface area contributed by atoms with Crippen LogP contribution >= 0.6 is 0 Å². The maximum Gasteiger partial charge on any atom is 0.308 e. The highest BCUT2D eigenvalue weighted by Gasteiger charge is 2.42. The minimum absolute atomic E-state index is 0.0265. The molecular formula is C35H57NO6Si. The fraction of sp³-hybridized carbons (Fsp3) is 0.657. The van der Waals surface area contributed by atoms with Crippen LogP contribution in [0.15, 0.2) is 60.3 Å². The van der Waals surface area contributed by atoms with Crippen LogP contribution < -0.4 is 0 Å². The Morgan fingerprint density at radius 3 is 2.56 bits per heavy atom. The van der Waals surface area contributed by atoms with Crippen molar-refractivity contribution in [1.82, 2.24) is 4.98 Å². The van der Waals surface area contributed by atoms with Gasteiger partial charge in [-0.05, 0) is 76.4 Å². The number of hydrogen-bond donors (Lipinski definition) is 1. The van der Waals surface area contributed by atoms with Crippen molar-refractivity contribution < 1.29 is 28.5 Å². The summed E-state index contributed by atoms with van der Waals surface area (Å²) >= 11 is 0. The third-order valence-corrected chi connectivity index (χ3v) is 13.3. The lowest BCUT2D eigenvalue weighted by molar-refractivity contribution is -0.221. The third kappa shape index (κ3) is 11.4. The number of carbonyl (C=O) groups is 1. The van der Waals surface area contributed by atoms with Crippen LogP contribution in [0.1, 0.15) is 93.2 Å². The van der Waals surface area contributed by atoms with Crippen molar-refractivity contribution in [3.8, 4) is 0 Å². The molecule has 0 bridgehead atoms. The van der Waals surface area contributed by atoms with Crippen LogP contribution in [0, 0.1) is 5.92 Å². The first-order chi connectivity index (χ1) is 20.0. The summed E-state index contributed by atoms with van der Waals surface area (Å²) in [6.07, 6.45) is 10.4. The molecule has 0 radical (unpaired) electrons. The van der Waals surface area contributed by atoms with Crippen molar-refractivity contribution in [1.29, 1.82) is 0 Å². The lowest BCUT2D eigenvalue weighted by atomic mass is 9.88. The molecule has 0 aliphatic carbocycles. The Bertz CT molecular complexity index is 1100. The van der Waals surface area contributed by atoms with E-state index in [1.54, 1.807) is 12.3 Å². The SMILES string of the molecule is CCOC(C)O[C@]1(C)CC[C@@H](O[Si](C)(C)C(C)(C)C)CC(=O)OC(/C(C)=C/C=C/[C@@H](C)c2ccccn2)[C@@H](C)/C=C/[C@@H]1O. The van der Waals surface area contributed by atoms with E-state index in [4.69, 9.17) is 18.6 Å². The van der Waals surface area contributed by atoms with Gasteiger partial charge in [0.2, 0.25) is 0 Å². The fourth-order valence-corrected chi connectivity index (χ4v) is 6.34. The van der Waals surface area contributed by atoms with Gasteiger partial charge in [-0.25, -0.2) is 0 Å². The third-order valence-electron chi connectivity index (χ3n) is 8.78. The number of aromatic nitrogens is 1. The number of nitrogens with zero attached hydrogens (tertiary/aromatic N) is 1. The molecule has 1 aromatic heterocycles. The molecule has 8 heteroatoms. The van der Waals surface area contributed by atoms with E-state index in [2.05, 4.69) is 51.8 Å². The first kappa shape index (κ1) is 37.1. The van der Waals surface area contributed by atoms with Gasteiger partial charge in [0.1, 0.15) is 12.2 Å².